The fourth-order valence-corrected chi connectivity index (χ4v) is 3.59. The van der Waals surface area contributed by atoms with E-state index in [1.807, 2.05) is 0 Å². The Bertz CT molecular complexity index is 1280. The number of carbonyl (C=O) groups is 2. The van der Waals surface area contributed by atoms with Gasteiger partial charge in [0.05, 0.1) is 16.1 Å². The van der Waals surface area contributed by atoms with Crippen molar-refractivity contribution in [3.63, 3.8) is 0 Å². The Kier molecular flexibility index (Phi) is 8.06. The van der Waals surface area contributed by atoms with Gasteiger partial charge in [0, 0.05) is 17.5 Å². The van der Waals surface area contributed by atoms with Crippen LogP contribution in [-0.2, 0) is 15.5 Å². The monoisotopic (exact) mass is 562 g/mol. The molecule has 0 aliphatic carbocycles. The second kappa shape index (κ2) is 9.88. The van der Waals surface area contributed by atoms with Crippen LogP contribution in [-0.4, -0.2) is 44.2 Å². The molecule has 0 fully saturated rings. The van der Waals surface area contributed by atoms with E-state index in [-0.39, 0.29) is 34.0 Å². The summed E-state index contributed by atoms with van der Waals surface area (Å²) in [4.78, 5) is 25.4. The van der Waals surface area contributed by atoms with Gasteiger partial charge >= 0.3 is 18.0 Å². The van der Waals surface area contributed by atoms with Gasteiger partial charge in [0.25, 0.3) is 11.8 Å². The van der Waals surface area contributed by atoms with Gasteiger partial charge in [0.15, 0.2) is 9.84 Å². The predicted octanol–water partition coefficient (Wildman–Crippen LogP) is 5.31. The minimum Gasteiger partial charge on any atom is -0.336 e. The van der Waals surface area contributed by atoms with Gasteiger partial charge in [-0.25, -0.2) is 12.8 Å². The quantitative estimate of drug-likeness (QED) is 0.467. The van der Waals surface area contributed by atoms with E-state index in [9.17, 15) is 48.7 Å². The van der Waals surface area contributed by atoms with E-state index >= 15 is 0 Å². The number of hydrogen-bond acceptors (Lipinski definition) is 4. The zero-order valence-electron chi connectivity index (χ0n) is 18.6. The summed E-state index contributed by atoms with van der Waals surface area (Å²) >= 11 is 6.01. The van der Waals surface area contributed by atoms with Gasteiger partial charge in [-0.1, -0.05) is 29.8 Å². The number of amides is 2. The number of hydrogen-bond donors (Lipinski definition) is 2. The van der Waals surface area contributed by atoms with E-state index in [2.05, 4.69) is 10.6 Å². The molecular weight excluding hydrogens is 545 g/mol. The number of sulfone groups is 1. The van der Waals surface area contributed by atoms with Gasteiger partial charge in [0.1, 0.15) is 5.37 Å². The molecule has 1 atom stereocenters. The van der Waals surface area contributed by atoms with Gasteiger partial charge in [-0.15, -0.1) is 0 Å². The second-order valence-electron chi connectivity index (χ2n) is 7.75. The molecule has 0 bridgehead atoms. The van der Waals surface area contributed by atoms with Crippen LogP contribution in [0, 0.1) is 6.92 Å². The van der Waals surface area contributed by atoms with Crippen LogP contribution in [0.2, 0.25) is 5.02 Å². The van der Waals surface area contributed by atoms with Crippen LogP contribution in [0.4, 0.5) is 36.4 Å². The number of halogens is 8. The minimum atomic E-state index is -6.31. The minimum absolute atomic E-state index is 0.225. The molecule has 0 aliphatic rings. The predicted molar refractivity (Wildman–Crippen MR) is 117 cm³/mol. The van der Waals surface area contributed by atoms with Crippen LogP contribution >= 0.6 is 11.6 Å². The largest absolute Gasteiger partial charge is 0.435 e. The maximum atomic E-state index is 14.3. The van der Waals surface area contributed by atoms with Crippen molar-refractivity contribution in [2.75, 3.05) is 11.6 Å². The number of rotatable bonds is 6. The normalized spacial score (nSPS) is 13.8. The van der Waals surface area contributed by atoms with E-state index in [0.717, 1.165) is 19.2 Å². The van der Waals surface area contributed by atoms with Crippen LogP contribution in [0.15, 0.2) is 36.4 Å². The smallest absolute Gasteiger partial charge is 0.336 e. The summed E-state index contributed by atoms with van der Waals surface area (Å²) in [6.45, 7) is 2.20. The fraction of sp³-hybridized carbons (Fsp3) is 0.333. The van der Waals surface area contributed by atoms with Crippen molar-refractivity contribution >= 4 is 38.9 Å². The molecule has 198 valence electrons. The average Bonchev–Trinajstić information content (AvgIpc) is 2.71. The Morgan fingerprint density at radius 2 is 1.50 bits per heavy atom. The lowest BCUT2D eigenvalue weighted by Crippen LogP contribution is -2.50. The highest BCUT2D eigenvalue weighted by molar-refractivity contribution is 7.91. The number of carbonyl (C=O) groups excluding carboxylic acids is 2. The molecule has 0 saturated heterocycles. The SMILES string of the molecule is Cc1cc(C(F)(C(F)(F)F)C(F)(F)F)ccc1NC(=O)c1cccc(Cl)c1C(=O)N[C@@H](C)S(C)(=O)=O. The standard InChI is InChI=1S/C21H18ClF7N2O4S/c1-10-9-12(19(23,20(24,25)26)21(27,28)29)7-8-15(10)31-17(32)13-5-4-6-14(22)16(13)18(33)30-11(2)36(3,34)35/h4-9,11H,1-3H3,(H,30,33)(H,31,32)/t11-/m1/s1. The maximum Gasteiger partial charge on any atom is 0.435 e. The first-order chi connectivity index (χ1) is 16.2. The molecular formula is C21H18ClF7N2O4S. The topological polar surface area (TPSA) is 92.3 Å². The molecule has 0 saturated carbocycles. The van der Waals surface area contributed by atoms with E-state index in [4.69, 9.17) is 11.6 Å². The summed E-state index contributed by atoms with van der Waals surface area (Å²) in [7, 11) is -3.71. The zero-order chi connectivity index (χ0) is 27.9. The molecule has 0 radical (unpaired) electrons. The molecule has 2 rings (SSSR count). The van der Waals surface area contributed by atoms with Crippen molar-refractivity contribution in [2.24, 2.45) is 0 Å². The Hall–Kier alpha value is -2.87. The molecule has 15 heteroatoms. The molecule has 0 aromatic heterocycles. The third kappa shape index (κ3) is 5.75. The third-order valence-corrected chi connectivity index (χ3v) is 6.83. The summed E-state index contributed by atoms with van der Waals surface area (Å²) in [6, 6.07) is 4.79. The summed E-state index contributed by atoms with van der Waals surface area (Å²) in [5, 5.41) is 2.77. The van der Waals surface area contributed by atoms with Crippen LogP contribution in [0.3, 0.4) is 0 Å². The van der Waals surface area contributed by atoms with Gasteiger partial charge in [-0.2, -0.15) is 26.3 Å². The Morgan fingerprint density at radius 3 is 1.97 bits per heavy atom. The van der Waals surface area contributed by atoms with E-state index in [0.29, 0.717) is 6.07 Å². The molecule has 36 heavy (non-hydrogen) atoms. The summed E-state index contributed by atoms with van der Waals surface area (Å²) in [5.41, 5.74) is -8.84. The number of anilines is 1. The van der Waals surface area contributed by atoms with Gasteiger partial charge < -0.3 is 10.6 Å². The van der Waals surface area contributed by atoms with Gasteiger partial charge in [0.2, 0.25) is 0 Å². The Balaban J connectivity index is 2.44. The Labute approximate surface area is 205 Å². The van der Waals surface area contributed by atoms with E-state index < -0.39 is 56.2 Å². The van der Waals surface area contributed by atoms with Gasteiger partial charge in [-0.05, 0) is 37.6 Å². The lowest BCUT2D eigenvalue weighted by Gasteiger charge is -2.30. The highest BCUT2D eigenvalue weighted by Gasteiger charge is 2.73. The highest BCUT2D eigenvalue weighted by atomic mass is 35.5. The number of nitrogens with one attached hydrogen (secondary N) is 2. The van der Waals surface area contributed by atoms with Crippen LogP contribution in [0.25, 0.3) is 0 Å². The summed E-state index contributed by atoms with van der Waals surface area (Å²) in [5.74, 6) is -2.09. The highest BCUT2D eigenvalue weighted by Crippen LogP contribution is 2.53. The second-order valence-corrected chi connectivity index (χ2v) is 10.5. The molecule has 2 amide bonds. The van der Waals surface area contributed by atoms with Crippen molar-refractivity contribution < 1.29 is 48.7 Å². The number of benzene rings is 2. The molecule has 2 aromatic rings. The van der Waals surface area contributed by atoms with Crippen molar-refractivity contribution in [2.45, 2.75) is 37.2 Å². The lowest BCUT2D eigenvalue weighted by molar-refractivity contribution is -0.348. The first kappa shape index (κ1) is 29.4. The van der Waals surface area contributed by atoms with Crippen LogP contribution < -0.4 is 10.6 Å². The van der Waals surface area contributed by atoms with Gasteiger partial charge in [-0.3, -0.25) is 9.59 Å². The zero-order valence-corrected chi connectivity index (χ0v) is 20.2. The summed E-state index contributed by atoms with van der Waals surface area (Å²) < 4.78 is 116. The number of aryl methyl sites for hydroxylation is 1. The van der Waals surface area contributed by atoms with Crippen LogP contribution in [0.1, 0.15) is 38.8 Å². The van der Waals surface area contributed by atoms with E-state index in [1.54, 1.807) is 0 Å². The van der Waals surface area contributed by atoms with Crippen molar-refractivity contribution in [3.05, 3.63) is 63.7 Å². The molecule has 6 nitrogen and oxygen atoms in total. The molecule has 0 unspecified atom stereocenters. The Morgan fingerprint density at radius 1 is 0.944 bits per heavy atom. The number of alkyl halides is 7. The average molecular weight is 563 g/mol. The molecule has 0 spiro atoms. The van der Waals surface area contributed by atoms with Crippen LogP contribution in [0.5, 0.6) is 0 Å². The maximum absolute atomic E-state index is 14.3. The molecule has 0 heterocycles. The molecule has 2 N–H and O–H groups in total. The first-order valence-electron chi connectivity index (χ1n) is 9.75. The molecule has 2 aromatic carbocycles. The molecule has 0 aliphatic heterocycles. The lowest BCUT2D eigenvalue weighted by atomic mass is 9.92. The van der Waals surface area contributed by atoms with Crippen molar-refractivity contribution in [3.8, 4) is 0 Å². The summed E-state index contributed by atoms with van der Waals surface area (Å²) in [6.07, 6.45) is -11.8. The van der Waals surface area contributed by atoms with Crippen molar-refractivity contribution in [1.82, 2.24) is 5.32 Å². The fourth-order valence-electron chi connectivity index (χ4n) is 3.00. The third-order valence-electron chi connectivity index (χ3n) is 5.12. The van der Waals surface area contributed by atoms with Crippen molar-refractivity contribution in [1.29, 1.82) is 0 Å². The van der Waals surface area contributed by atoms with E-state index in [1.165, 1.54) is 19.1 Å². The first-order valence-corrected chi connectivity index (χ1v) is 12.1.